The van der Waals surface area contributed by atoms with Gasteiger partial charge in [-0.2, -0.15) is 51.6 Å². The molecule has 798 valence electrons. The minimum Gasteiger partial charge on any atom is -0.497 e. The van der Waals surface area contributed by atoms with Gasteiger partial charge in [-0.3, -0.25) is 14.3 Å². The monoisotopic (exact) mass is 1970 g/mol. The van der Waals surface area contributed by atoms with Crippen LogP contribution in [0.5, 0.6) is 5.75 Å². The van der Waals surface area contributed by atoms with Gasteiger partial charge in [0.2, 0.25) is 0 Å². The molecule has 4 atom stereocenters. The first-order valence-corrected chi connectivity index (χ1v) is 50.7. The summed E-state index contributed by atoms with van der Waals surface area (Å²) in [7, 11) is 6.55. The Bertz CT molecular complexity index is 3860. The number of aryl methyl sites for hydroxylation is 2. The van der Waals surface area contributed by atoms with Crippen LogP contribution in [-0.4, -0.2) is 112 Å². The number of benzene rings is 1. The van der Waals surface area contributed by atoms with Crippen LogP contribution in [0.15, 0.2) is 49.2 Å². The molecule has 3 aromatic rings. The van der Waals surface area contributed by atoms with Gasteiger partial charge in [-0.05, 0) is 223 Å². The summed E-state index contributed by atoms with van der Waals surface area (Å²) in [4.78, 5) is 22.0. The first-order chi connectivity index (χ1) is 61.7. The van der Waals surface area contributed by atoms with Crippen molar-refractivity contribution < 1.29 is 74.6 Å². The van der Waals surface area contributed by atoms with Crippen molar-refractivity contribution in [3.05, 3.63) is 70.5 Å². The van der Waals surface area contributed by atoms with E-state index in [1.165, 1.54) is 64.0 Å². The first kappa shape index (κ1) is 142. The van der Waals surface area contributed by atoms with Crippen LogP contribution >= 0.6 is 11.3 Å². The third-order valence-electron chi connectivity index (χ3n) is 22.0. The number of nitriles is 3. The zero-order valence-electron chi connectivity index (χ0n) is 94.8. The molecule has 137 heavy (non-hydrogen) atoms. The number of ether oxygens (including phenoxy) is 4. The minimum atomic E-state index is -4.14. The fraction of sp³-hybridized carbons (Fsp3) is 0.823. The largest absolute Gasteiger partial charge is 0.497 e. The van der Waals surface area contributed by atoms with Crippen molar-refractivity contribution in [1.29, 1.82) is 15.8 Å². The number of halogens is 7. The molecule has 24 heteroatoms. The lowest BCUT2D eigenvalue weighted by molar-refractivity contribution is -0.184. The molecule has 2 heterocycles. The summed E-state index contributed by atoms with van der Waals surface area (Å²) in [6, 6.07) is 14.5. The van der Waals surface area contributed by atoms with Gasteiger partial charge in [0.1, 0.15) is 27.9 Å². The summed E-state index contributed by atoms with van der Waals surface area (Å²) in [6.45, 7) is 85.2. The van der Waals surface area contributed by atoms with Crippen molar-refractivity contribution in [1.82, 2.24) is 20.0 Å². The third kappa shape index (κ3) is 77.2. The second-order valence-corrected chi connectivity index (χ2v) is 51.9. The van der Waals surface area contributed by atoms with E-state index < -0.39 is 34.8 Å². The van der Waals surface area contributed by atoms with Gasteiger partial charge in [0, 0.05) is 57.3 Å². The average Bonchev–Trinajstić information content (AvgIpc) is 1.58. The van der Waals surface area contributed by atoms with Gasteiger partial charge in [-0.25, -0.2) is 0 Å². The zero-order valence-corrected chi connectivity index (χ0v) is 95.6. The summed E-state index contributed by atoms with van der Waals surface area (Å²) in [5.74, 6) is -1.74. The molecule has 4 aliphatic rings. The van der Waals surface area contributed by atoms with Gasteiger partial charge in [-0.15, -0.1) is 40.5 Å². The molecule has 3 N–H and O–H groups in total. The number of carbonyl (C=O) groups is 2. The first-order valence-electron chi connectivity index (χ1n) is 49.9. The van der Waals surface area contributed by atoms with E-state index in [4.69, 9.17) is 46.6 Å². The smallest absolute Gasteiger partial charge is 0.391 e. The number of aromatic nitrogens is 4. The number of carbonyl (C=O) groups excluding carboxylic acids is 2. The molecular formula is C113H202F7N7O9S. The lowest BCUT2D eigenvalue weighted by Crippen LogP contribution is -2.32. The maximum Gasteiger partial charge on any atom is 0.391 e. The standard InChI is InChI=1S/C16H24O2.C10H19F3O.C10H17N.C10H18O2.C9H20O.C8H11F2N.C8H18O.C7H11F2N.C7H12N2S.C7H12N2.C7H14O2.C7H14.C7H12/c1-12(2)15-5-4-6-16(15)18-11-13-7-9-14(17-3)10-8-13;1-9(2,3)7-8(5-4-6-14)10(11,12)13;1-9(2,3)8-10(4-5-10)6-7-11;1-9(2,3)7-10(5-6-10)8(11)12-4;1-8(2,3)6-9(4,5)7-10;1-6(2)7(3-4-7)8(9,10)5-11;1-5-7(9)6-8(2,3)4;1-6(2,3)4-7(8,9)5-10;1-4-6-8-9-7(10-6)5(2)3;1-6(2)7-4-5-8-9(7)3;1-7(2,3)5-6(8)9-4;2*1-5-6-7(2,3)4/h7-10,12,15-16H,4-6,11H2,1-3H3;8,14H,4-7H2,1-3H3;4-6,8H2,1-3H3;5-7H2,1-4H3;10H,6-7H2,1-5H3;6H,3-4H2,1-2H3;7,9H,5-6H2,1-4H3;4H2,1-3H3;5H,4H2,1-3H3;4-6H,1-3H3;5H2,1-4H3;5H,1,6H2,2-4H3;1H,6H2,2-4H3/t15?,16-;;;;;;7-;;;;;;/m0.....0....../s1. The number of rotatable bonds is 25. The van der Waals surface area contributed by atoms with E-state index in [0.717, 1.165) is 111 Å². The summed E-state index contributed by atoms with van der Waals surface area (Å²) in [5, 5.41) is 65.9. The number of hydrogen-bond acceptors (Lipinski definition) is 16. The van der Waals surface area contributed by atoms with E-state index in [2.05, 4.69) is 238 Å². The molecule has 4 saturated carbocycles. The number of hydrogen-bond donors (Lipinski definition) is 3. The van der Waals surface area contributed by atoms with Crippen LogP contribution in [0.2, 0.25) is 0 Å². The Hall–Kier alpha value is -6.15. The Labute approximate surface area is 837 Å². The number of methoxy groups -OCH3 is 3. The van der Waals surface area contributed by atoms with Gasteiger partial charge in [-0.1, -0.05) is 295 Å². The number of alkyl halides is 7. The molecule has 0 bridgehead atoms. The maximum atomic E-state index is 12.9. The van der Waals surface area contributed by atoms with Crippen LogP contribution in [-0.2, 0) is 43.9 Å². The summed E-state index contributed by atoms with van der Waals surface area (Å²) >= 11 is 1.72. The van der Waals surface area contributed by atoms with Crippen LogP contribution in [0.4, 0.5) is 30.7 Å². The second-order valence-electron chi connectivity index (χ2n) is 50.8. The number of aliphatic hydroxyl groups is 3. The Morgan fingerprint density at radius 2 is 1.13 bits per heavy atom. The highest BCUT2D eigenvalue weighted by molar-refractivity contribution is 7.11. The zero-order chi connectivity index (χ0) is 109. The van der Waals surface area contributed by atoms with E-state index in [0.29, 0.717) is 64.3 Å². The number of esters is 2. The van der Waals surface area contributed by atoms with E-state index in [1.54, 1.807) is 73.8 Å². The van der Waals surface area contributed by atoms with E-state index >= 15 is 0 Å². The number of nitrogens with zero attached hydrogens (tertiary/aromatic N) is 7. The normalized spacial score (nSPS) is 16.2. The molecule has 7 rings (SSSR count). The molecule has 0 radical (unpaired) electrons. The molecule has 4 aliphatic carbocycles. The fourth-order valence-electron chi connectivity index (χ4n) is 15.4. The highest BCUT2D eigenvalue weighted by Gasteiger charge is 2.64. The summed E-state index contributed by atoms with van der Waals surface area (Å²) in [5.41, 5.74) is 3.11. The van der Waals surface area contributed by atoms with Crippen LogP contribution in [0.1, 0.15) is 444 Å². The maximum absolute atomic E-state index is 12.9. The predicted molar refractivity (Wildman–Crippen MR) is 558 cm³/mol. The molecule has 0 amide bonds. The van der Waals surface area contributed by atoms with Gasteiger partial charge in [0.25, 0.3) is 0 Å². The Morgan fingerprint density at radius 1 is 0.628 bits per heavy atom. The SMILES string of the molecule is C#CCC(C)(C)C.C=CCC(C)(C)C.CC(C)(C)CC(C)(C)CO.CC(C)(C)CC(CCCO)C(F)(F)F.CC(C)(C)CC(F)(F)C#N.CC(C)(C)CC1(CC#N)CC1.CC(C)C1(C(F)(F)C#N)CC1.CC(C)c1ccnn1C.CC[C@H](O)CC(C)(C)C.CCc1nnc(C(C)C)s1.COC(=O)C1(CC(C)(C)C)CC1.COC(=O)CC(C)(C)C.COc1ccc(CO[C@H]2CCCC2C(C)C)cc1. The Morgan fingerprint density at radius 3 is 1.36 bits per heavy atom. The molecule has 2 aromatic heterocycles. The summed E-state index contributed by atoms with van der Waals surface area (Å²) in [6.07, 6.45) is 23.7. The molecule has 4 fully saturated rings. The highest BCUT2D eigenvalue weighted by atomic mass is 32.1. The van der Waals surface area contributed by atoms with Crippen LogP contribution in [0, 0.1) is 140 Å². The Balaban J connectivity index is -0.000000342. The minimum absolute atomic E-state index is 0.0163. The molecule has 1 aromatic carbocycles. The lowest BCUT2D eigenvalue weighted by Gasteiger charge is -2.30. The third-order valence-corrected chi connectivity index (χ3v) is 23.4. The number of aliphatic hydroxyl groups excluding tert-OH is 3. The van der Waals surface area contributed by atoms with E-state index in [-0.39, 0.29) is 95.3 Å². The second kappa shape index (κ2) is 64.5. The highest BCUT2D eigenvalue weighted by Crippen LogP contribution is 2.61. The molecular weight excluding hydrogens is 1760 g/mol. The van der Waals surface area contributed by atoms with Gasteiger partial charge >= 0.3 is 30.0 Å². The quantitative estimate of drug-likeness (QED) is 0.0309. The van der Waals surface area contributed by atoms with Gasteiger partial charge in [0.15, 0.2) is 0 Å². The van der Waals surface area contributed by atoms with Crippen molar-refractivity contribution in [3.8, 4) is 36.3 Å². The van der Waals surface area contributed by atoms with Crippen molar-refractivity contribution >= 4 is 23.3 Å². The van der Waals surface area contributed by atoms with Crippen LogP contribution in [0.25, 0.3) is 0 Å². The van der Waals surface area contributed by atoms with Crippen LogP contribution in [0.3, 0.4) is 0 Å². The van der Waals surface area contributed by atoms with E-state index in [9.17, 15) is 45.4 Å². The summed E-state index contributed by atoms with van der Waals surface area (Å²) < 4.78 is 110. The lowest BCUT2D eigenvalue weighted by atomic mass is 9.77. The molecule has 16 nitrogen and oxygen atoms in total. The predicted octanol–water partition coefficient (Wildman–Crippen LogP) is 32.7. The van der Waals surface area contributed by atoms with Crippen molar-refractivity contribution in [2.75, 3.05) is 34.5 Å². The molecule has 0 saturated heterocycles. The number of allylic oxidation sites excluding steroid dienone is 1. The molecule has 0 spiro atoms. The van der Waals surface area contributed by atoms with Crippen LogP contribution < -0.4 is 4.74 Å². The van der Waals surface area contributed by atoms with Crippen molar-refractivity contribution in [3.63, 3.8) is 0 Å². The number of terminal acetylenes is 1. The Kier molecular flexibility index (Phi) is 66.6. The van der Waals surface area contributed by atoms with Crippen molar-refractivity contribution in [2.45, 2.75) is 466 Å². The molecule has 2 unspecified atom stereocenters. The fourth-order valence-corrected chi connectivity index (χ4v) is 16.2. The van der Waals surface area contributed by atoms with Crippen molar-refractivity contribution in [2.24, 2.45) is 101 Å². The van der Waals surface area contributed by atoms with Gasteiger partial charge < -0.3 is 34.3 Å². The van der Waals surface area contributed by atoms with Gasteiger partial charge in [0.05, 0.1) is 69.4 Å². The van der Waals surface area contributed by atoms with E-state index in [1.807, 2.05) is 69.9 Å². The molecule has 0 aliphatic heterocycles. The average molecular weight is 1970 g/mol. The topological polar surface area (TPSA) is 247 Å².